The van der Waals surface area contributed by atoms with Crippen LogP contribution in [0.4, 0.5) is 10.5 Å². The number of carbonyl (C=O) groups is 1. The van der Waals surface area contributed by atoms with Gasteiger partial charge >= 0.3 is 6.03 Å². The summed E-state index contributed by atoms with van der Waals surface area (Å²) in [5.41, 5.74) is 5.94. The number of nitrogens with zero attached hydrogens (tertiary/aromatic N) is 1. The zero-order valence-electron chi connectivity index (χ0n) is 11.4. The van der Waals surface area contributed by atoms with Gasteiger partial charge in [-0.05, 0) is 19.1 Å². The van der Waals surface area contributed by atoms with Crippen molar-refractivity contribution in [1.29, 1.82) is 5.41 Å². The van der Waals surface area contributed by atoms with Crippen LogP contribution in [0.3, 0.4) is 0 Å². The summed E-state index contributed by atoms with van der Waals surface area (Å²) in [6.07, 6.45) is 0.343. The second-order valence-electron chi connectivity index (χ2n) is 4.32. The van der Waals surface area contributed by atoms with E-state index in [4.69, 9.17) is 15.9 Å². The van der Waals surface area contributed by atoms with Gasteiger partial charge in [0.25, 0.3) is 0 Å². The Morgan fingerprint density at radius 3 is 2.74 bits per heavy atom. The lowest BCUT2D eigenvalue weighted by Crippen LogP contribution is -2.40. The van der Waals surface area contributed by atoms with Crippen LogP contribution < -0.4 is 15.8 Å². The molecule has 1 aromatic carbocycles. The number of nitrogens with one attached hydrogen (secondary N) is 2. The van der Waals surface area contributed by atoms with E-state index in [-0.39, 0.29) is 17.9 Å². The number of para-hydroxylation sites is 2. The van der Waals surface area contributed by atoms with Crippen molar-refractivity contribution in [1.82, 2.24) is 4.90 Å². The van der Waals surface area contributed by atoms with Crippen molar-refractivity contribution in [2.75, 3.05) is 19.5 Å². The van der Waals surface area contributed by atoms with Crippen LogP contribution in [-0.2, 0) is 0 Å². The minimum Gasteiger partial charge on any atom is -0.495 e. The number of urea groups is 1. The Kier molecular flexibility index (Phi) is 5.17. The molecular formula is C13H20N4O2. The average molecular weight is 264 g/mol. The van der Waals surface area contributed by atoms with Crippen LogP contribution >= 0.6 is 0 Å². The first kappa shape index (κ1) is 14.8. The highest BCUT2D eigenvalue weighted by Gasteiger charge is 2.17. The van der Waals surface area contributed by atoms with Crippen molar-refractivity contribution in [3.05, 3.63) is 24.3 Å². The third-order valence-corrected chi connectivity index (χ3v) is 2.85. The normalized spacial score (nSPS) is 11.5. The zero-order chi connectivity index (χ0) is 14.4. The molecule has 104 valence electrons. The van der Waals surface area contributed by atoms with Gasteiger partial charge in [0.2, 0.25) is 0 Å². The van der Waals surface area contributed by atoms with Crippen LogP contribution in [-0.4, -0.2) is 37.0 Å². The fraction of sp³-hybridized carbons (Fsp3) is 0.385. The van der Waals surface area contributed by atoms with Crippen molar-refractivity contribution in [3.8, 4) is 5.75 Å². The second-order valence-corrected chi connectivity index (χ2v) is 4.32. The molecule has 0 aliphatic rings. The summed E-state index contributed by atoms with van der Waals surface area (Å²) < 4.78 is 5.16. The summed E-state index contributed by atoms with van der Waals surface area (Å²) >= 11 is 0. The minimum atomic E-state index is -0.266. The number of amides is 2. The number of benzene rings is 1. The lowest BCUT2D eigenvalue weighted by Gasteiger charge is -2.25. The van der Waals surface area contributed by atoms with Crippen LogP contribution in [0, 0.1) is 5.41 Å². The van der Waals surface area contributed by atoms with Gasteiger partial charge in [-0.25, -0.2) is 4.79 Å². The highest BCUT2D eigenvalue weighted by atomic mass is 16.5. The number of methoxy groups -OCH3 is 1. The number of anilines is 1. The minimum absolute atomic E-state index is 0.0597. The van der Waals surface area contributed by atoms with Gasteiger partial charge in [0.15, 0.2) is 0 Å². The summed E-state index contributed by atoms with van der Waals surface area (Å²) in [6, 6.07) is 6.77. The summed E-state index contributed by atoms with van der Waals surface area (Å²) in [4.78, 5) is 13.6. The molecule has 0 spiro atoms. The Morgan fingerprint density at radius 1 is 1.53 bits per heavy atom. The Morgan fingerprint density at radius 2 is 2.16 bits per heavy atom. The SMILES string of the molecule is COc1ccccc1NC(=O)N(C)C(C)CC(=N)N. The molecule has 0 fully saturated rings. The molecule has 19 heavy (non-hydrogen) atoms. The van der Waals surface area contributed by atoms with Crippen molar-refractivity contribution in [2.24, 2.45) is 5.73 Å². The number of hydrogen-bond acceptors (Lipinski definition) is 3. The number of hydrogen-bond donors (Lipinski definition) is 3. The van der Waals surface area contributed by atoms with E-state index in [9.17, 15) is 4.79 Å². The molecule has 0 radical (unpaired) electrons. The third kappa shape index (κ3) is 4.17. The summed E-state index contributed by atoms with van der Waals surface area (Å²) in [5.74, 6) is 0.660. The molecule has 0 saturated carbocycles. The zero-order valence-corrected chi connectivity index (χ0v) is 11.4. The Hall–Kier alpha value is -2.24. The second kappa shape index (κ2) is 6.63. The first-order valence-electron chi connectivity index (χ1n) is 5.95. The van der Waals surface area contributed by atoms with Gasteiger partial charge in [0.05, 0.1) is 18.6 Å². The molecular weight excluding hydrogens is 244 g/mol. The lowest BCUT2D eigenvalue weighted by molar-refractivity contribution is 0.209. The molecule has 0 aromatic heterocycles. The van der Waals surface area contributed by atoms with E-state index in [1.54, 1.807) is 26.3 Å². The summed E-state index contributed by atoms with van der Waals surface area (Å²) in [5, 5.41) is 10.0. The summed E-state index contributed by atoms with van der Waals surface area (Å²) in [6.45, 7) is 1.84. The van der Waals surface area contributed by atoms with E-state index in [1.165, 1.54) is 4.90 Å². The van der Waals surface area contributed by atoms with Gasteiger partial charge in [0.1, 0.15) is 5.75 Å². The highest BCUT2D eigenvalue weighted by molar-refractivity contribution is 5.91. The van der Waals surface area contributed by atoms with Crippen LogP contribution in [0.2, 0.25) is 0 Å². The Balaban J connectivity index is 2.71. The molecule has 1 atom stereocenters. The van der Waals surface area contributed by atoms with Gasteiger partial charge in [-0.3, -0.25) is 5.41 Å². The molecule has 6 nitrogen and oxygen atoms in total. The Bertz CT molecular complexity index is 462. The molecule has 4 N–H and O–H groups in total. The molecule has 0 aliphatic heterocycles. The van der Waals surface area contributed by atoms with E-state index < -0.39 is 0 Å². The molecule has 6 heteroatoms. The van der Waals surface area contributed by atoms with E-state index in [2.05, 4.69) is 5.32 Å². The quantitative estimate of drug-likeness (QED) is 0.560. The molecule has 2 amide bonds. The van der Waals surface area contributed by atoms with Gasteiger partial charge in [-0.2, -0.15) is 0 Å². The van der Waals surface area contributed by atoms with Crippen molar-refractivity contribution in [3.63, 3.8) is 0 Å². The van der Waals surface area contributed by atoms with E-state index in [1.807, 2.05) is 19.1 Å². The standard InChI is InChI=1S/C13H20N4O2/c1-9(8-12(14)15)17(2)13(18)16-10-6-4-5-7-11(10)19-3/h4-7,9H,8H2,1-3H3,(H3,14,15)(H,16,18). The molecule has 1 rings (SSSR count). The predicted molar refractivity (Wildman–Crippen MR) is 75.8 cm³/mol. The maximum Gasteiger partial charge on any atom is 0.321 e. The van der Waals surface area contributed by atoms with Gasteiger partial charge in [-0.1, -0.05) is 12.1 Å². The maximum atomic E-state index is 12.1. The smallest absolute Gasteiger partial charge is 0.321 e. The fourth-order valence-electron chi connectivity index (χ4n) is 1.61. The van der Waals surface area contributed by atoms with E-state index in [0.29, 0.717) is 17.9 Å². The molecule has 1 unspecified atom stereocenters. The molecule has 0 bridgehead atoms. The van der Waals surface area contributed by atoms with Crippen LogP contribution in [0.25, 0.3) is 0 Å². The maximum absolute atomic E-state index is 12.1. The lowest BCUT2D eigenvalue weighted by atomic mass is 10.2. The fourth-order valence-corrected chi connectivity index (χ4v) is 1.61. The largest absolute Gasteiger partial charge is 0.495 e. The van der Waals surface area contributed by atoms with Crippen LogP contribution in [0.1, 0.15) is 13.3 Å². The number of nitrogens with two attached hydrogens (primary N) is 1. The number of rotatable bonds is 5. The van der Waals surface area contributed by atoms with Crippen LogP contribution in [0.15, 0.2) is 24.3 Å². The predicted octanol–water partition coefficient (Wildman–Crippen LogP) is 1.87. The summed E-state index contributed by atoms with van der Waals surface area (Å²) in [7, 11) is 3.21. The highest BCUT2D eigenvalue weighted by Crippen LogP contribution is 2.23. The molecule has 0 aliphatic carbocycles. The molecule has 1 aromatic rings. The van der Waals surface area contributed by atoms with E-state index in [0.717, 1.165) is 0 Å². The molecule has 0 saturated heterocycles. The number of amidine groups is 1. The molecule has 0 heterocycles. The Labute approximate surface area is 113 Å². The first-order chi connectivity index (χ1) is 8.95. The van der Waals surface area contributed by atoms with Gasteiger partial charge < -0.3 is 20.7 Å². The van der Waals surface area contributed by atoms with Crippen molar-refractivity contribution < 1.29 is 9.53 Å². The van der Waals surface area contributed by atoms with Crippen LogP contribution in [0.5, 0.6) is 5.75 Å². The average Bonchev–Trinajstić information content (AvgIpc) is 2.37. The van der Waals surface area contributed by atoms with Gasteiger partial charge in [0, 0.05) is 19.5 Å². The first-order valence-corrected chi connectivity index (χ1v) is 5.95. The monoisotopic (exact) mass is 264 g/mol. The number of ether oxygens (including phenoxy) is 1. The van der Waals surface area contributed by atoms with E-state index >= 15 is 0 Å². The topological polar surface area (TPSA) is 91.4 Å². The van der Waals surface area contributed by atoms with Gasteiger partial charge in [-0.15, -0.1) is 0 Å². The third-order valence-electron chi connectivity index (χ3n) is 2.85. The van der Waals surface area contributed by atoms with Crippen molar-refractivity contribution >= 4 is 17.6 Å². The van der Waals surface area contributed by atoms with Crippen molar-refractivity contribution in [2.45, 2.75) is 19.4 Å². The number of carbonyl (C=O) groups excluding carboxylic acids is 1.